The van der Waals surface area contributed by atoms with E-state index >= 15 is 0 Å². The third-order valence-electron chi connectivity index (χ3n) is 3.46. The van der Waals surface area contributed by atoms with Gasteiger partial charge in [0.15, 0.2) is 0 Å². The summed E-state index contributed by atoms with van der Waals surface area (Å²) in [6.45, 7) is 6.30. The molecule has 106 valence electrons. The molecule has 0 aliphatic carbocycles. The van der Waals surface area contributed by atoms with Crippen LogP contribution in [0.2, 0.25) is 0 Å². The minimum absolute atomic E-state index is 0.804. The van der Waals surface area contributed by atoms with Crippen molar-refractivity contribution < 1.29 is 0 Å². The molecule has 19 heavy (non-hydrogen) atoms. The minimum atomic E-state index is 0.804. The van der Waals surface area contributed by atoms with Crippen molar-refractivity contribution in [1.82, 2.24) is 14.9 Å². The zero-order chi connectivity index (χ0) is 13.5. The predicted octanol–water partition coefficient (Wildman–Crippen LogP) is 1.06. The summed E-state index contributed by atoms with van der Waals surface area (Å²) in [7, 11) is 0. The highest BCUT2D eigenvalue weighted by atomic mass is 32.2. The smallest absolute Gasteiger partial charge is 0.133 e. The third kappa shape index (κ3) is 4.33. The van der Waals surface area contributed by atoms with Crippen molar-refractivity contribution in [2.45, 2.75) is 17.9 Å². The second-order valence-electron chi connectivity index (χ2n) is 4.74. The molecule has 1 aliphatic heterocycles. The van der Waals surface area contributed by atoms with Gasteiger partial charge in [0.1, 0.15) is 17.2 Å². The van der Waals surface area contributed by atoms with E-state index in [2.05, 4.69) is 25.8 Å². The third-order valence-corrected chi connectivity index (χ3v) is 4.10. The largest absolute Gasteiger partial charge is 0.354 e. The van der Waals surface area contributed by atoms with E-state index in [1.165, 1.54) is 13.0 Å². The van der Waals surface area contributed by atoms with Gasteiger partial charge < -0.3 is 10.6 Å². The standard InChI is InChI=1S/C13H23N5S/c1-19-13-10-12(15-11-16-13)18-8-6-17(7-9-18)5-3-2-4-14/h10-11H,2-9,14H2,1H3. The monoisotopic (exact) mass is 281 g/mol. The van der Waals surface area contributed by atoms with Gasteiger partial charge in [0.2, 0.25) is 0 Å². The number of thioether (sulfide) groups is 1. The Bertz CT molecular complexity index is 379. The van der Waals surface area contributed by atoms with Crippen molar-refractivity contribution in [2.24, 2.45) is 5.73 Å². The molecule has 5 nitrogen and oxygen atoms in total. The topological polar surface area (TPSA) is 58.3 Å². The lowest BCUT2D eigenvalue weighted by Crippen LogP contribution is -2.47. The quantitative estimate of drug-likeness (QED) is 0.478. The number of piperazine rings is 1. The maximum atomic E-state index is 5.53. The van der Waals surface area contributed by atoms with E-state index in [4.69, 9.17) is 5.73 Å². The van der Waals surface area contributed by atoms with Gasteiger partial charge in [0.25, 0.3) is 0 Å². The SMILES string of the molecule is CSc1cc(N2CCN(CCCCN)CC2)ncn1. The molecule has 2 rings (SSSR count). The first-order chi connectivity index (χ1) is 9.33. The number of nitrogens with two attached hydrogens (primary N) is 1. The second-order valence-corrected chi connectivity index (χ2v) is 5.57. The van der Waals surface area contributed by atoms with Gasteiger partial charge in [-0.1, -0.05) is 0 Å². The summed E-state index contributed by atoms with van der Waals surface area (Å²) in [6.07, 6.45) is 6.04. The van der Waals surface area contributed by atoms with Gasteiger partial charge in [0, 0.05) is 32.2 Å². The Morgan fingerprint density at radius 3 is 2.68 bits per heavy atom. The Morgan fingerprint density at radius 1 is 1.21 bits per heavy atom. The van der Waals surface area contributed by atoms with E-state index in [0.29, 0.717) is 0 Å². The van der Waals surface area contributed by atoms with Crippen LogP contribution in [0.5, 0.6) is 0 Å². The number of aromatic nitrogens is 2. The van der Waals surface area contributed by atoms with Crippen molar-refractivity contribution in [2.75, 3.05) is 50.4 Å². The number of hydrogen-bond donors (Lipinski definition) is 1. The number of hydrogen-bond acceptors (Lipinski definition) is 6. The average Bonchev–Trinajstić information content (AvgIpc) is 2.48. The molecule has 2 heterocycles. The molecule has 0 saturated carbocycles. The Kier molecular flexibility index (Phi) is 5.88. The lowest BCUT2D eigenvalue weighted by atomic mass is 10.2. The average molecular weight is 281 g/mol. The molecule has 1 aromatic heterocycles. The van der Waals surface area contributed by atoms with E-state index in [1.54, 1.807) is 18.1 Å². The number of rotatable bonds is 6. The fourth-order valence-electron chi connectivity index (χ4n) is 2.29. The van der Waals surface area contributed by atoms with Crippen LogP contribution < -0.4 is 10.6 Å². The molecule has 0 unspecified atom stereocenters. The fraction of sp³-hybridized carbons (Fsp3) is 0.692. The van der Waals surface area contributed by atoms with Crippen LogP contribution in [0.1, 0.15) is 12.8 Å². The molecule has 0 amide bonds. The molecule has 0 bridgehead atoms. The van der Waals surface area contributed by atoms with Crippen LogP contribution in [-0.4, -0.2) is 60.4 Å². The zero-order valence-corrected chi connectivity index (χ0v) is 12.4. The van der Waals surface area contributed by atoms with Crippen LogP contribution in [0.3, 0.4) is 0 Å². The van der Waals surface area contributed by atoms with Crippen molar-refractivity contribution in [1.29, 1.82) is 0 Å². The maximum absolute atomic E-state index is 5.53. The Morgan fingerprint density at radius 2 is 2.00 bits per heavy atom. The molecule has 1 saturated heterocycles. The summed E-state index contributed by atoms with van der Waals surface area (Å²) in [5.41, 5.74) is 5.53. The minimum Gasteiger partial charge on any atom is -0.354 e. The summed E-state index contributed by atoms with van der Waals surface area (Å²) < 4.78 is 0. The van der Waals surface area contributed by atoms with Gasteiger partial charge in [0.05, 0.1) is 0 Å². The Balaban J connectivity index is 1.82. The molecule has 1 aliphatic rings. The first-order valence-electron chi connectivity index (χ1n) is 6.87. The van der Waals surface area contributed by atoms with Crippen LogP contribution in [0.15, 0.2) is 17.4 Å². The van der Waals surface area contributed by atoms with E-state index in [-0.39, 0.29) is 0 Å². The van der Waals surface area contributed by atoms with Crippen LogP contribution in [0.25, 0.3) is 0 Å². The molecular weight excluding hydrogens is 258 g/mol. The van der Waals surface area contributed by atoms with Crippen molar-refractivity contribution >= 4 is 17.6 Å². The normalized spacial score (nSPS) is 16.8. The van der Waals surface area contributed by atoms with Gasteiger partial charge in [-0.05, 0) is 32.2 Å². The molecular formula is C13H23N5S. The summed E-state index contributed by atoms with van der Waals surface area (Å²) >= 11 is 1.66. The molecule has 1 fully saturated rings. The van der Waals surface area contributed by atoms with E-state index in [1.807, 2.05) is 6.26 Å². The summed E-state index contributed by atoms with van der Waals surface area (Å²) in [6, 6.07) is 2.08. The predicted molar refractivity (Wildman–Crippen MR) is 80.8 cm³/mol. The molecule has 1 aromatic rings. The highest BCUT2D eigenvalue weighted by molar-refractivity contribution is 7.98. The second kappa shape index (κ2) is 7.67. The van der Waals surface area contributed by atoms with Crippen molar-refractivity contribution in [3.05, 3.63) is 12.4 Å². The molecule has 0 radical (unpaired) electrons. The maximum Gasteiger partial charge on any atom is 0.133 e. The van der Waals surface area contributed by atoms with Gasteiger partial charge >= 0.3 is 0 Å². The van der Waals surface area contributed by atoms with Crippen LogP contribution in [0, 0.1) is 0 Å². The van der Waals surface area contributed by atoms with E-state index in [9.17, 15) is 0 Å². The first-order valence-corrected chi connectivity index (χ1v) is 8.09. The fourth-order valence-corrected chi connectivity index (χ4v) is 2.67. The van der Waals surface area contributed by atoms with Gasteiger partial charge in [-0.15, -0.1) is 11.8 Å². The van der Waals surface area contributed by atoms with E-state index in [0.717, 1.165) is 50.0 Å². The summed E-state index contributed by atoms with van der Waals surface area (Å²) in [5, 5.41) is 1.04. The zero-order valence-electron chi connectivity index (χ0n) is 11.6. The van der Waals surface area contributed by atoms with Crippen molar-refractivity contribution in [3.8, 4) is 0 Å². The lowest BCUT2D eigenvalue weighted by molar-refractivity contribution is 0.253. The van der Waals surface area contributed by atoms with E-state index < -0.39 is 0 Å². The molecule has 0 spiro atoms. The van der Waals surface area contributed by atoms with Crippen LogP contribution in [-0.2, 0) is 0 Å². The summed E-state index contributed by atoms with van der Waals surface area (Å²) in [4.78, 5) is 13.5. The Labute approximate surface area is 119 Å². The molecule has 2 N–H and O–H groups in total. The van der Waals surface area contributed by atoms with Crippen LogP contribution in [0.4, 0.5) is 5.82 Å². The highest BCUT2D eigenvalue weighted by Crippen LogP contribution is 2.18. The number of unbranched alkanes of at least 4 members (excludes halogenated alkanes) is 1. The Hall–Kier alpha value is -0.850. The van der Waals surface area contributed by atoms with Gasteiger partial charge in [-0.3, -0.25) is 4.90 Å². The first kappa shape index (κ1) is 14.6. The van der Waals surface area contributed by atoms with Crippen LogP contribution >= 0.6 is 11.8 Å². The molecule has 6 heteroatoms. The van der Waals surface area contributed by atoms with Crippen molar-refractivity contribution in [3.63, 3.8) is 0 Å². The summed E-state index contributed by atoms with van der Waals surface area (Å²) in [5.74, 6) is 1.06. The number of nitrogens with zero attached hydrogens (tertiary/aromatic N) is 4. The number of anilines is 1. The van der Waals surface area contributed by atoms with Gasteiger partial charge in [-0.2, -0.15) is 0 Å². The van der Waals surface area contributed by atoms with Gasteiger partial charge in [-0.25, -0.2) is 9.97 Å². The molecule has 0 aromatic carbocycles. The molecule has 0 atom stereocenters. The lowest BCUT2D eigenvalue weighted by Gasteiger charge is -2.35. The highest BCUT2D eigenvalue weighted by Gasteiger charge is 2.17.